The molecule has 21 heavy (non-hydrogen) atoms. The fourth-order valence-corrected chi connectivity index (χ4v) is 3.96. The summed E-state index contributed by atoms with van der Waals surface area (Å²) in [6.07, 6.45) is 2.29. The molecule has 0 radical (unpaired) electrons. The van der Waals surface area contributed by atoms with E-state index in [1.54, 1.807) is 30.3 Å². The van der Waals surface area contributed by atoms with Crippen molar-refractivity contribution in [1.82, 2.24) is 0 Å². The van der Waals surface area contributed by atoms with Gasteiger partial charge in [0.2, 0.25) is 0 Å². The smallest absolute Gasteiger partial charge is 0.427 e. The second kappa shape index (κ2) is 8.28. The van der Waals surface area contributed by atoms with E-state index in [9.17, 15) is 13.2 Å². The van der Waals surface area contributed by atoms with Crippen LogP contribution in [0.5, 0.6) is 0 Å². The van der Waals surface area contributed by atoms with Crippen LogP contribution in [-0.2, 0) is 11.9 Å². The topological polar surface area (TPSA) is 69.2 Å². The molecule has 0 aliphatic heterocycles. The zero-order chi connectivity index (χ0) is 16.0. The summed E-state index contributed by atoms with van der Waals surface area (Å²) in [6.45, 7) is 1.99. The number of thiophene rings is 1. The van der Waals surface area contributed by atoms with E-state index in [0.717, 1.165) is 18.2 Å². The quantitative estimate of drug-likeness (QED) is 0.453. The van der Waals surface area contributed by atoms with E-state index in [2.05, 4.69) is 0 Å². The van der Waals surface area contributed by atoms with Gasteiger partial charge in [0.05, 0.1) is 10.5 Å². The van der Waals surface area contributed by atoms with Crippen molar-refractivity contribution >= 4 is 20.6 Å². The van der Waals surface area contributed by atoms with E-state index in [-0.39, 0.29) is 0 Å². The number of alkyl halides is 3. The Morgan fingerprint density at radius 1 is 1.14 bits per heavy atom. The molecule has 0 amide bonds. The molecule has 1 heterocycles. The minimum absolute atomic E-state index is 0.436. The molecular formula is C13H14F3IO3S. The third-order valence-corrected chi connectivity index (χ3v) is 4.85. The minimum atomic E-state index is -4.15. The van der Waals surface area contributed by atoms with Crippen molar-refractivity contribution in [1.29, 1.82) is 0 Å². The first-order chi connectivity index (χ1) is 9.77. The van der Waals surface area contributed by atoms with E-state index in [1.807, 2.05) is 6.92 Å². The summed E-state index contributed by atoms with van der Waals surface area (Å²) in [5.41, 5.74) is -4.15. The fourth-order valence-electron chi connectivity index (χ4n) is 1.96. The maximum Gasteiger partial charge on any atom is 0.600 e. The van der Waals surface area contributed by atoms with E-state index >= 15 is 0 Å². The second-order valence-electron chi connectivity index (χ2n) is 4.19. The van der Waals surface area contributed by atoms with Gasteiger partial charge >= 0.3 is 5.51 Å². The Hall–Kier alpha value is -0.420. The molecule has 2 rings (SSSR count). The first kappa shape index (κ1) is 18.6. The number of fused-ring (bicyclic) bond motifs is 1. The highest BCUT2D eigenvalue weighted by Gasteiger charge is 2.47. The van der Waals surface area contributed by atoms with Crippen LogP contribution in [0.25, 0.3) is 10.1 Å². The summed E-state index contributed by atoms with van der Waals surface area (Å²) in [6, 6.07) is 8.56. The van der Waals surface area contributed by atoms with Gasteiger partial charge in [-0.1, -0.05) is 25.5 Å². The Labute approximate surface area is 132 Å². The minimum Gasteiger partial charge on any atom is -0.427 e. The molecule has 0 saturated heterocycles. The van der Waals surface area contributed by atoms with E-state index in [1.165, 1.54) is 0 Å². The molecule has 0 aliphatic carbocycles. The maximum atomic E-state index is 13.1. The Morgan fingerprint density at radius 3 is 2.24 bits per heavy atom. The third kappa shape index (κ3) is 5.70. The molecule has 0 fully saturated rings. The number of hydrogen-bond donors (Lipinski definition) is 0. The monoisotopic (exact) mass is 434 g/mol. The zero-order valence-corrected chi connectivity index (χ0v) is 14.1. The van der Waals surface area contributed by atoms with Crippen molar-refractivity contribution in [3.63, 3.8) is 0 Å². The van der Waals surface area contributed by atoms with Gasteiger partial charge < -0.3 is 10.3 Å². The van der Waals surface area contributed by atoms with E-state index < -0.39 is 37.0 Å². The largest absolute Gasteiger partial charge is 0.600 e. The SMILES string of the molecule is CCCCc1cc2ccccc2[s+]1C(F)(F)F.[O-][I+2]([O-])[O-]. The molecular weight excluding hydrogens is 420 g/mol. The Balaban J connectivity index is 0.000000491. The number of benzene rings is 1. The van der Waals surface area contributed by atoms with Gasteiger partial charge in [-0.15, -0.1) is 13.2 Å². The van der Waals surface area contributed by atoms with Crippen molar-refractivity contribution in [3.8, 4) is 0 Å². The van der Waals surface area contributed by atoms with Crippen molar-refractivity contribution in [2.24, 2.45) is 0 Å². The summed E-state index contributed by atoms with van der Waals surface area (Å²) in [5, 5.41) is 0.735. The average molecular weight is 434 g/mol. The lowest BCUT2D eigenvalue weighted by atomic mass is 10.2. The molecule has 1 atom stereocenters. The normalized spacial score (nSPS) is 12.5. The molecule has 3 nitrogen and oxygen atoms in total. The predicted molar refractivity (Wildman–Crippen MR) is 66.3 cm³/mol. The van der Waals surface area contributed by atoms with Crippen molar-refractivity contribution in [3.05, 3.63) is 35.2 Å². The molecule has 2 aromatic rings. The Bertz CT molecular complexity index is 567. The molecule has 0 N–H and O–H groups in total. The maximum absolute atomic E-state index is 13.1. The van der Waals surface area contributed by atoms with Crippen LogP contribution in [0.15, 0.2) is 30.3 Å². The lowest BCUT2D eigenvalue weighted by Crippen LogP contribution is -4.05. The fraction of sp³-hybridized carbons (Fsp3) is 0.385. The molecule has 1 aromatic heterocycles. The lowest BCUT2D eigenvalue weighted by molar-refractivity contribution is -1.73. The van der Waals surface area contributed by atoms with Gasteiger partial charge in [0, 0.05) is 17.9 Å². The first-order valence-corrected chi connectivity index (χ1v) is 9.97. The van der Waals surface area contributed by atoms with Gasteiger partial charge in [-0.05, 0) is 18.6 Å². The molecule has 0 saturated carbocycles. The van der Waals surface area contributed by atoms with Gasteiger partial charge in [0.1, 0.15) is 0 Å². The van der Waals surface area contributed by atoms with E-state index in [0.29, 0.717) is 16.0 Å². The van der Waals surface area contributed by atoms with Crippen LogP contribution < -0.4 is 31.4 Å². The average Bonchev–Trinajstić information content (AvgIpc) is 2.73. The van der Waals surface area contributed by atoms with E-state index in [4.69, 9.17) is 10.3 Å². The lowest BCUT2D eigenvalue weighted by Gasteiger charge is -1.99. The first-order valence-electron chi connectivity index (χ1n) is 6.11. The number of hydrogen-bond acceptors (Lipinski definition) is 3. The highest BCUT2D eigenvalue weighted by atomic mass is 127. The summed E-state index contributed by atoms with van der Waals surface area (Å²) < 4.78 is 65.4. The molecule has 0 aliphatic rings. The van der Waals surface area contributed by atoms with Crippen LogP contribution >= 0.6 is 10.5 Å². The molecule has 1 unspecified atom stereocenters. The number of unbranched alkanes of at least 4 members (excludes halogenated alkanes) is 1. The number of rotatable bonds is 3. The molecule has 1 aromatic carbocycles. The molecule has 0 spiro atoms. The van der Waals surface area contributed by atoms with Crippen LogP contribution in [0.2, 0.25) is 0 Å². The number of halogens is 4. The van der Waals surface area contributed by atoms with Crippen molar-refractivity contribution in [2.45, 2.75) is 31.7 Å². The van der Waals surface area contributed by atoms with Gasteiger partial charge in [-0.25, -0.2) is 0 Å². The Morgan fingerprint density at radius 2 is 1.71 bits per heavy atom. The van der Waals surface area contributed by atoms with Gasteiger partial charge in [-0.3, -0.25) is 0 Å². The highest BCUT2D eigenvalue weighted by molar-refractivity contribution is 7.38. The van der Waals surface area contributed by atoms with Crippen LogP contribution in [0.1, 0.15) is 24.6 Å². The number of aryl methyl sites for hydroxylation is 1. The standard InChI is InChI=1S/C13H14F3S.IO3/c1-2-3-7-11-9-10-6-4-5-8-12(10)17(11)13(14,15)16;2-1(3)4/h4-6,8-9H,2-3,7H2,1H3;/q+1;-1. The molecule has 8 heteroatoms. The van der Waals surface area contributed by atoms with Gasteiger partial charge in [-0.2, -0.15) is 0 Å². The van der Waals surface area contributed by atoms with Crippen LogP contribution in [-0.4, -0.2) is 0 Å². The predicted octanol–water partition coefficient (Wildman–Crippen LogP) is -1.16. The van der Waals surface area contributed by atoms with Crippen LogP contribution in [0.4, 0.5) is 13.2 Å². The second-order valence-corrected chi connectivity index (χ2v) is 7.31. The molecule has 0 bridgehead atoms. The molecule has 118 valence electrons. The summed E-state index contributed by atoms with van der Waals surface area (Å²) in [4.78, 5) is 0.542. The third-order valence-electron chi connectivity index (χ3n) is 2.73. The Kier molecular flexibility index (Phi) is 7.34. The van der Waals surface area contributed by atoms with Crippen LogP contribution in [0, 0.1) is 0 Å². The van der Waals surface area contributed by atoms with Crippen LogP contribution in [0.3, 0.4) is 0 Å². The highest BCUT2D eigenvalue weighted by Crippen LogP contribution is 2.51. The van der Waals surface area contributed by atoms with Crippen molar-refractivity contribution < 1.29 is 44.5 Å². The summed E-state index contributed by atoms with van der Waals surface area (Å²) >= 11 is -4.01. The van der Waals surface area contributed by atoms with Gasteiger partial charge in [0.25, 0.3) is 21.1 Å². The van der Waals surface area contributed by atoms with Crippen molar-refractivity contribution in [2.75, 3.05) is 0 Å². The van der Waals surface area contributed by atoms with Gasteiger partial charge in [0.15, 0.2) is 9.58 Å². The summed E-state index contributed by atoms with van der Waals surface area (Å²) in [5.74, 6) is 0. The summed E-state index contributed by atoms with van der Waals surface area (Å²) in [7, 11) is -1.70. The zero-order valence-electron chi connectivity index (χ0n) is 11.2.